The predicted octanol–water partition coefficient (Wildman–Crippen LogP) is 4.23. The van der Waals surface area contributed by atoms with Gasteiger partial charge in [-0.1, -0.05) is 0 Å². The number of halogens is 1. The van der Waals surface area contributed by atoms with Crippen LogP contribution in [0, 0.1) is 0 Å². The largest absolute Gasteiger partial charge is 0.343 e. The molecular weight excluding hydrogens is 390 g/mol. The Balaban J connectivity index is 1.46. The molecule has 0 atom stereocenters. The number of anilines is 2. The van der Waals surface area contributed by atoms with Crippen LogP contribution in [0.3, 0.4) is 0 Å². The van der Waals surface area contributed by atoms with Gasteiger partial charge in [-0.3, -0.25) is 4.79 Å². The van der Waals surface area contributed by atoms with Gasteiger partial charge in [0.15, 0.2) is 10.9 Å². The lowest BCUT2D eigenvalue weighted by molar-refractivity contribution is -0.131. The molecule has 0 bridgehead atoms. The number of rotatable bonds is 5. The highest BCUT2D eigenvalue weighted by Crippen LogP contribution is 2.32. The first-order valence-corrected chi connectivity index (χ1v) is 10.7. The van der Waals surface area contributed by atoms with E-state index in [1.165, 1.54) is 11.5 Å². The van der Waals surface area contributed by atoms with Crippen LogP contribution in [0.2, 0.25) is 0 Å². The van der Waals surface area contributed by atoms with E-state index in [1.54, 1.807) is 17.5 Å². The summed E-state index contributed by atoms with van der Waals surface area (Å²) in [6, 6.07) is 4.17. The van der Waals surface area contributed by atoms with E-state index in [-0.39, 0.29) is 5.91 Å². The van der Waals surface area contributed by atoms with Crippen LogP contribution >= 0.6 is 34.5 Å². The zero-order valence-electron chi connectivity index (χ0n) is 14.0. The first-order chi connectivity index (χ1) is 12.7. The number of fused-ring (bicyclic) bond motifs is 1. The molecule has 1 aliphatic rings. The number of hydrogen-bond acceptors (Lipinski definition) is 7. The fraction of sp³-hybridized carbons (Fsp3) is 0.412. The van der Waals surface area contributed by atoms with E-state index < -0.39 is 0 Å². The van der Waals surface area contributed by atoms with Crippen molar-refractivity contribution in [1.82, 2.24) is 19.2 Å². The second-order valence-corrected chi connectivity index (χ2v) is 8.20. The zero-order valence-corrected chi connectivity index (χ0v) is 16.4. The number of alkyl halides is 1. The minimum absolute atomic E-state index is 0.155. The Morgan fingerprint density at radius 2 is 2.19 bits per heavy atom. The van der Waals surface area contributed by atoms with E-state index in [4.69, 9.17) is 16.6 Å². The first-order valence-electron chi connectivity index (χ1n) is 8.51. The quantitative estimate of drug-likeness (QED) is 0.641. The van der Waals surface area contributed by atoms with E-state index >= 15 is 0 Å². The smallest absolute Gasteiger partial charge is 0.223 e. The van der Waals surface area contributed by atoms with Crippen molar-refractivity contribution in [2.24, 2.45) is 0 Å². The summed E-state index contributed by atoms with van der Waals surface area (Å²) >= 11 is 8.61. The van der Waals surface area contributed by atoms with Crippen LogP contribution < -0.4 is 5.32 Å². The molecule has 0 spiro atoms. The van der Waals surface area contributed by atoms with E-state index in [2.05, 4.69) is 26.8 Å². The van der Waals surface area contributed by atoms with Gasteiger partial charge in [-0.05, 0) is 36.5 Å². The first kappa shape index (κ1) is 17.6. The van der Waals surface area contributed by atoms with E-state index in [0.29, 0.717) is 18.2 Å². The van der Waals surface area contributed by atoms with Crippen molar-refractivity contribution >= 4 is 61.5 Å². The summed E-state index contributed by atoms with van der Waals surface area (Å²) in [5.41, 5.74) is 1.09. The van der Waals surface area contributed by atoms with Crippen LogP contribution in [0.4, 0.5) is 10.9 Å². The Bertz CT molecular complexity index is 890. The minimum Gasteiger partial charge on any atom is -0.343 e. The molecule has 1 N–H and O–H groups in total. The average Bonchev–Trinajstić information content (AvgIpc) is 3.32. The van der Waals surface area contributed by atoms with Crippen molar-refractivity contribution in [2.45, 2.75) is 25.2 Å². The van der Waals surface area contributed by atoms with Gasteiger partial charge in [0.1, 0.15) is 4.83 Å². The normalized spacial score (nSPS) is 15.5. The van der Waals surface area contributed by atoms with Gasteiger partial charge in [0.2, 0.25) is 5.91 Å². The fourth-order valence-corrected chi connectivity index (χ4v) is 4.63. The molecule has 6 nitrogen and oxygen atoms in total. The van der Waals surface area contributed by atoms with Crippen LogP contribution in [-0.2, 0) is 4.79 Å². The highest BCUT2D eigenvalue weighted by molar-refractivity contribution is 7.14. The van der Waals surface area contributed by atoms with Gasteiger partial charge in [-0.2, -0.15) is 4.37 Å². The summed E-state index contributed by atoms with van der Waals surface area (Å²) in [4.78, 5) is 23.9. The van der Waals surface area contributed by atoms with Crippen molar-refractivity contribution in [3.8, 4) is 0 Å². The number of piperidine rings is 1. The number of amides is 1. The Kier molecular flexibility index (Phi) is 5.33. The number of nitrogens with zero attached hydrogens (tertiary/aromatic N) is 4. The summed E-state index contributed by atoms with van der Waals surface area (Å²) < 4.78 is 4.48. The number of carbonyl (C=O) groups is 1. The van der Waals surface area contributed by atoms with Crippen LogP contribution in [0.25, 0.3) is 10.2 Å². The van der Waals surface area contributed by atoms with Crippen molar-refractivity contribution < 1.29 is 4.79 Å². The van der Waals surface area contributed by atoms with Crippen molar-refractivity contribution in [3.05, 3.63) is 29.4 Å². The monoisotopic (exact) mass is 407 g/mol. The molecule has 1 aliphatic heterocycles. The van der Waals surface area contributed by atoms with Gasteiger partial charge >= 0.3 is 0 Å². The lowest BCUT2D eigenvalue weighted by Crippen LogP contribution is -2.38. The fourth-order valence-electron chi connectivity index (χ4n) is 3.21. The van der Waals surface area contributed by atoms with Gasteiger partial charge in [-0.25, -0.2) is 9.97 Å². The molecule has 136 valence electrons. The second kappa shape index (κ2) is 7.85. The average molecular weight is 408 g/mol. The van der Waals surface area contributed by atoms with Crippen LogP contribution in [-0.4, -0.2) is 44.1 Å². The number of thiazole rings is 1. The topological polar surface area (TPSA) is 71.0 Å². The molecular formula is C17H18ClN5OS2. The molecule has 0 aromatic carbocycles. The molecule has 0 saturated carbocycles. The SMILES string of the molecule is O=C(CCCl)N1CCC(c2ccc3c(Nc4nccs4)nsc3n2)CC1. The van der Waals surface area contributed by atoms with Gasteiger partial charge in [-0.15, -0.1) is 22.9 Å². The molecule has 1 saturated heterocycles. The number of aromatic nitrogens is 3. The van der Waals surface area contributed by atoms with Crippen LogP contribution in [0.15, 0.2) is 23.7 Å². The number of nitrogens with one attached hydrogen (secondary N) is 1. The number of likely N-dealkylation sites (tertiary alicyclic amines) is 1. The van der Waals surface area contributed by atoms with E-state index in [0.717, 1.165) is 52.8 Å². The molecule has 9 heteroatoms. The van der Waals surface area contributed by atoms with Gasteiger partial charge in [0.05, 0.1) is 5.39 Å². The lowest BCUT2D eigenvalue weighted by Gasteiger charge is -2.31. The summed E-state index contributed by atoms with van der Waals surface area (Å²) in [6.07, 6.45) is 4.07. The molecule has 1 amide bonds. The van der Waals surface area contributed by atoms with Gasteiger partial charge < -0.3 is 10.2 Å². The molecule has 4 heterocycles. The highest BCUT2D eigenvalue weighted by atomic mass is 35.5. The molecule has 3 aromatic heterocycles. The molecule has 3 aromatic rings. The Hall–Kier alpha value is -1.77. The van der Waals surface area contributed by atoms with Crippen molar-refractivity contribution in [1.29, 1.82) is 0 Å². The van der Waals surface area contributed by atoms with Crippen LogP contribution in [0.5, 0.6) is 0 Å². The number of hydrogen-bond donors (Lipinski definition) is 1. The third-order valence-corrected chi connectivity index (χ3v) is 6.23. The molecule has 26 heavy (non-hydrogen) atoms. The maximum absolute atomic E-state index is 12.0. The summed E-state index contributed by atoms with van der Waals surface area (Å²) in [7, 11) is 0. The lowest BCUT2D eigenvalue weighted by atomic mass is 9.93. The second-order valence-electron chi connectivity index (χ2n) is 6.18. The Morgan fingerprint density at radius 3 is 2.92 bits per heavy atom. The molecule has 0 aliphatic carbocycles. The molecule has 4 rings (SSSR count). The molecule has 0 unspecified atom stereocenters. The minimum atomic E-state index is 0.155. The predicted molar refractivity (Wildman–Crippen MR) is 107 cm³/mol. The maximum atomic E-state index is 12.0. The van der Waals surface area contributed by atoms with Crippen LogP contribution in [0.1, 0.15) is 30.9 Å². The van der Waals surface area contributed by atoms with E-state index in [1.807, 2.05) is 10.3 Å². The highest BCUT2D eigenvalue weighted by Gasteiger charge is 2.24. The summed E-state index contributed by atoms with van der Waals surface area (Å²) in [5.74, 6) is 1.74. The maximum Gasteiger partial charge on any atom is 0.223 e. The van der Waals surface area contributed by atoms with Gasteiger partial charge in [0.25, 0.3) is 0 Å². The third-order valence-electron chi connectivity index (χ3n) is 4.59. The zero-order chi connectivity index (χ0) is 17.9. The van der Waals surface area contributed by atoms with Crippen molar-refractivity contribution in [3.63, 3.8) is 0 Å². The molecule has 1 fully saturated rings. The number of pyridine rings is 1. The van der Waals surface area contributed by atoms with E-state index in [9.17, 15) is 4.79 Å². The Morgan fingerprint density at radius 1 is 1.35 bits per heavy atom. The number of carbonyl (C=O) groups excluding carboxylic acids is 1. The molecule has 0 radical (unpaired) electrons. The summed E-state index contributed by atoms with van der Waals surface area (Å²) in [6.45, 7) is 1.55. The van der Waals surface area contributed by atoms with Gasteiger partial charge in [0, 0.05) is 48.6 Å². The Labute approximate surface area is 164 Å². The third kappa shape index (κ3) is 3.67. The summed E-state index contributed by atoms with van der Waals surface area (Å²) in [5, 5.41) is 7.02. The van der Waals surface area contributed by atoms with Crippen molar-refractivity contribution in [2.75, 3.05) is 24.3 Å². The standard InChI is InChI=1S/C17H18ClN5OS2/c18-6-3-14(24)23-8-4-11(5-9-23)13-2-1-12-15(22-26-16(12)20-13)21-17-19-7-10-25-17/h1-2,7,10-11H,3-6,8-9H2,(H,19,21,22).